The van der Waals surface area contributed by atoms with Crippen molar-refractivity contribution < 1.29 is 13.2 Å². The monoisotopic (exact) mass is 306 g/mol. The quantitative estimate of drug-likeness (QED) is 0.817. The molecule has 0 fully saturated rings. The molecule has 0 spiro atoms. The standard InChI is InChI=1S/C17H17F3N2/c1-11-15(8-14(21)9-16(11)18)12(2)22-10-17(19,20)13-6-4-3-5-7-13/h3-9,22H,2,10,21H2,1H3. The average Bonchev–Trinajstić information content (AvgIpc) is 2.49. The van der Waals surface area contributed by atoms with Crippen LogP contribution >= 0.6 is 0 Å². The largest absolute Gasteiger partial charge is 0.399 e. The van der Waals surface area contributed by atoms with Crippen molar-refractivity contribution in [2.24, 2.45) is 0 Å². The molecule has 0 saturated carbocycles. The Balaban J connectivity index is 2.14. The Morgan fingerprint density at radius 3 is 2.50 bits per heavy atom. The molecule has 2 aromatic carbocycles. The van der Waals surface area contributed by atoms with Crippen molar-refractivity contribution in [1.29, 1.82) is 0 Å². The van der Waals surface area contributed by atoms with Crippen molar-refractivity contribution in [3.8, 4) is 0 Å². The molecule has 0 amide bonds. The summed E-state index contributed by atoms with van der Waals surface area (Å²) in [5, 5.41) is 2.57. The highest BCUT2D eigenvalue weighted by molar-refractivity contribution is 5.68. The van der Waals surface area contributed by atoms with E-state index in [1.54, 1.807) is 25.1 Å². The van der Waals surface area contributed by atoms with E-state index >= 15 is 0 Å². The van der Waals surface area contributed by atoms with E-state index in [2.05, 4.69) is 11.9 Å². The summed E-state index contributed by atoms with van der Waals surface area (Å²) >= 11 is 0. The van der Waals surface area contributed by atoms with E-state index in [-0.39, 0.29) is 16.9 Å². The van der Waals surface area contributed by atoms with Gasteiger partial charge in [-0.05, 0) is 24.6 Å². The van der Waals surface area contributed by atoms with E-state index in [9.17, 15) is 13.2 Å². The molecule has 0 saturated heterocycles. The topological polar surface area (TPSA) is 38.0 Å². The number of nitrogens with two attached hydrogens (primary N) is 1. The summed E-state index contributed by atoms with van der Waals surface area (Å²) in [5.74, 6) is -3.55. The minimum atomic E-state index is -3.06. The first kappa shape index (κ1) is 15.9. The fourth-order valence-electron chi connectivity index (χ4n) is 2.11. The van der Waals surface area contributed by atoms with E-state index in [4.69, 9.17) is 5.73 Å². The van der Waals surface area contributed by atoms with E-state index in [0.29, 0.717) is 11.1 Å². The van der Waals surface area contributed by atoms with Crippen molar-refractivity contribution in [2.75, 3.05) is 12.3 Å². The van der Waals surface area contributed by atoms with Gasteiger partial charge in [0.1, 0.15) is 5.82 Å². The molecular formula is C17H17F3N2. The van der Waals surface area contributed by atoms with Crippen LogP contribution in [-0.2, 0) is 5.92 Å². The van der Waals surface area contributed by atoms with Gasteiger partial charge in [-0.1, -0.05) is 36.9 Å². The van der Waals surface area contributed by atoms with Gasteiger partial charge >= 0.3 is 0 Å². The van der Waals surface area contributed by atoms with Gasteiger partial charge < -0.3 is 11.1 Å². The summed E-state index contributed by atoms with van der Waals surface area (Å²) in [6.07, 6.45) is 0. The Bertz CT molecular complexity index is 682. The summed E-state index contributed by atoms with van der Waals surface area (Å²) in [6, 6.07) is 10.2. The first-order valence-electron chi connectivity index (χ1n) is 6.73. The maximum Gasteiger partial charge on any atom is 0.290 e. The molecule has 3 N–H and O–H groups in total. The number of alkyl halides is 2. The van der Waals surface area contributed by atoms with Crippen molar-refractivity contribution in [3.05, 3.63) is 71.6 Å². The van der Waals surface area contributed by atoms with Gasteiger partial charge in [-0.25, -0.2) is 4.39 Å². The van der Waals surface area contributed by atoms with Gasteiger partial charge in [0.25, 0.3) is 5.92 Å². The van der Waals surface area contributed by atoms with Crippen LogP contribution in [-0.4, -0.2) is 6.54 Å². The number of hydrogen-bond donors (Lipinski definition) is 2. The molecule has 0 aliphatic rings. The fraction of sp³-hybridized carbons (Fsp3) is 0.176. The lowest BCUT2D eigenvalue weighted by atomic mass is 10.0. The van der Waals surface area contributed by atoms with Crippen molar-refractivity contribution in [1.82, 2.24) is 5.32 Å². The van der Waals surface area contributed by atoms with Crippen LogP contribution < -0.4 is 11.1 Å². The Morgan fingerprint density at radius 2 is 1.86 bits per heavy atom. The maximum atomic E-state index is 14.1. The maximum absolute atomic E-state index is 14.1. The lowest BCUT2D eigenvalue weighted by molar-refractivity contribution is 0.000711. The van der Waals surface area contributed by atoms with Crippen LogP contribution in [0.5, 0.6) is 0 Å². The zero-order valence-corrected chi connectivity index (χ0v) is 12.2. The van der Waals surface area contributed by atoms with Gasteiger partial charge in [-0.15, -0.1) is 0 Å². The molecule has 2 nitrogen and oxygen atoms in total. The van der Waals surface area contributed by atoms with Crippen molar-refractivity contribution in [3.63, 3.8) is 0 Å². The summed E-state index contributed by atoms with van der Waals surface area (Å²) in [4.78, 5) is 0. The number of benzene rings is 2. The molecule has 2 rings (SSSR count). The van der Waals surface area contributed by atoms with E-state index in [0.717, 1.165) is 0 Å². The molecule has 0 bridgehead atoms. The average molecular weight is 306 g/mol. The number of anilines is 1. The highest BCUT2D eigenvalue weighted by atomic mass is 19.3. The third-order valence-corrected chi connectivity index (χ3v) is 3.41. The molecule has 0 aliphatic carbocycles. The predicted molar refractivity (Wildman–Crippen MR) is 82.9 cm³/mol. The van der Waals surface area contributed by atoms with Crippen LogP contribution in [0.1, 0.15) is 16.7 Å². The van der Waals surface area contributed by atoms with Crippen LogP contribution in [0, 0.1) is 12.7 Å². The van der Waals surface area contributed by atoms with Gasteiger partial charge in [-0.3, -0.25) is 0 Å². The normalized spacial score (nSPS) is 11.3. The van der Waals surface area contributed by atoms with E-state index in [1.165, 1.54) is 24.3 Å². The predicted octanol–water partition coefficient (Wildman–Crippen LogP) is 4.07. The first-order valence-corrected chi connectivity index (χ1v) is 6.73. The van der Waals surface area contributed by atoms with Crippen molar-refractivity contribution >= 4 is 11.4 Å². The van der Waals surface area contributed by atoms with Crippen LogP contribution in [0.3, 0.4) is 0 Å². The summed E-state index contributed by atoms with van der Waals surface area (Å²) < 4.78 is 41.8. The second-order valence-electron chi connectivity index (χ2n) is 5.08. The Kier molecular flexibility index (Phi) is 4.45. The minimum Gasteiger partial charge on any atom is -0.399 e. The zero-order chi connectivity index (χ0) is 16.3. The number of nitrogen functional groups attached to an aromatic ring is 1. The smallest absolute Gasteiger partial charge is 0.290 e. The number of hydrogen-bond acceptors (Lipinski definition) is 2. The molecule has 0 radical (unpaired) electrons. The summed E-state index contributed by atoms with van der Waals surface area (Å²) in [6.45, 7) is 4.61. The second kappa shape index (κ2) is 6.13. The van der Waals surface area contributed by atoms with Gasteiger partial charge in [0.2, 0.25) is 0 Å². The molecule has 0 unspecified atom stereocenters. The molecular weight excluding hydrogens is 289 g/mol. The third-order valence-electron chi connectivity index (χ3n) is 3.41. The highest BCUT2D eigenvalue weighted by Crippen LogP contribution is 2.28. The highest BCUT2D eigenvalue weighted by Gasteiger charge is 2.31. The zero-order valence-electron chi connectivity index (χ0n) is 12.2. The van der Waals surface area contributed by atoms with Crippen LogP contribution in [0.25, 0.3) is 5.70 Å². The molecule has 0 heterocycles. The number of rotatable bonds is 5. The minimum absolute atomic E-state index is 0.0919. The van der Waals surface area contributed by atoms with Crippen LogP contribution in [0.4, 0.5) is 18.9 Å². The van der Waals surface area contributed by atoms with Crippen molar-refractivity contribution in [2.45, 2.75) is 12.8 Å². The van der Waals surface area contributed by atoms with E-state index in [1.807, 2.05) is 0 Å². The molecule has 0 aliphatic heterocycles. The van der Waals surface area contributed by atoms with Crippen LogP contribution in [0.15, 0.2) is 49.0 Å². The van der Waals surface area contributed by atoms with Gasteiger partial charge in [0.15, 0.2) is 0 Å². The third kappa shape index (κ3) is 3.42. The molecule has 5 heteroatoms. The molecule has 2 aromatic rings. The summed E-state index contributed by atoms with van der Waals surface area (Å²) in [5.41, 5.74) is 6.62. The lowest BCUT2D eigenvalue weighted by Gasteiger charge is -2.20. The SMILES string of the molecule is C=C(NCC(F)(F)c1ccccc1)c1cc(N)cc(F)c1C. The van der Waals surface area contributed by atoms with Crippen LogP contribution in [0.2, 0.25) is 0 Å². The van der Waals surface area contributed by atoms with Gasteiger partial charge in [-0.2, -0.15) is 8.78 Å². The summed E-state index contributed by atoms with van der Waals surface area (Å²) in [7, 11) is 0. The second-order valence-corrected chi connectivity index (χ2v) is 5.08. The Morgan fingerprint density at radius 1 is 1.23 bits per heavy atom. The molecule has 116 valence electrons. The molecule has 0 atom stereocenters. The molecule has 22 heavy (non-hydrogen) atoms. The number of halogens is 3. The van der Waals surface area contributed by atoms with E-state index < -0.39 is 18.3 Å². The van der Waals surface area contributed by atoms with Gasteiger partial charge in [0, 0.05) is 22.5 Å². The Hall–Kier alpha value is -2.43. The lowest BCUT2D eigenvalue weighted by Crippen LogP contribution is -2.29. The number of nitrogens with one attached hydrogen (secondary N) is 1. The Labute approximate surface area is 127 Å². The van der Waals surface area contributed by atoms with Gasteiger partial charge in [0.05, 0.1) is 6.54 Å². The first-order chi connectivity index (χ1) is 10.3. The molecule has 0 aromatic heterocycles. The fourth-order valence-corrected chi connectivity index (χ4v) is 2.11.